The topological polar surface area (TPSA) is 175 Å². The monoisotopic (exact) mass is 750 g/mol. The van der Waals surface area contributed by atoms with E-state index in [4.69, 9.17) is 18.9 Å². The predicted molar refractivity (Wildman–Crippen MR) is 183 cm³/mol. The fourth-order valence-corrected chi connectivity index (χ4v) is 6.63. The first-order valence-corrected chi connectivity index (χ1v) is 16.1. The molecule has 0 spiro atoms. The van der Waals surface area contributed by atoms with E-state index < -0.39 is 38.8 Å². The molecule has 1 atom stereocenters. The number of rotatable bonds is 12. The molecule has 3 aromatic carbocycles. The maximum atomic E-state index is 14.1. The molecule has 5 rings (SSSR count). The second-order valence-electron chi connectivity index (χ2n) is 10.3. The molecule has 4 aromatic rings. The minimum atomic E-state index is -0.833. The number of non-ortho nitro benzene ring substituents is 1. The summed E-state index contributed by atoms with van der Waals surface area (Å²) in [7, 11) is 1.37. The molecule has 0 bridgehead atoms. The third kappa shape index (κ3) is 7.14. The molecule has 49 heavy (non-hydrogen) atoms. The maximum Gasteiger partial charge on any atom is 0.338 e. The normalized spacial score (nSPS) is 14.0. The van der Waals surface area contributed by atoms with E-state index in [0.717, 1.165) is 29.5 Å². The minimum absolute atomic E-state index is 0.0632. The summed E-state index contributed by atoms with van der Waals surface area (Å²) in [5, 5.41) is 22.8. The Bertz CT molecular complexity index is 2210. The average molecular weight is 752 g/mol. The zero-order valence-corrected chi connectivity index (χ0v) is 28.6. The molecular weight excluding hydrogens is 724 g/mol. The van der Waals surface area contributed by atoms with Crippen LogP contribution in [0.4, 0.5) is 11.4 Å². The van der Waals surface area contributed by atoms with Crippen molar-refractivity contribution in [3.63, 3.8) is 0 Å². The van der Waals surface area contributed by atoms with Crippen LogP contribution in [0.1, 0.15) is 31.0 Å². The maximum absolute atomic E-state index is 14.1. The van der Waals surface area contributed by atoms with E-state index in [9.17, 15) is 29.8 Å². The molecule has 1 aromatic heterocycles. The largest absolute Gasteiger partial charge is 0.493 e. The van der Waals surface area contributed by atoms with Gasteiger partial charge in [-0.05, 0) is 77.3 Å². The van der Waals surface area contributed by atoms with E-state index >= 15 is 0 Å². The number of nitro benzene ring substituents is 2. The summed E-state index contributed by atoms with van der Waals surface area (Å²) in [6.45, 7) is 7.48. The van der Waals surface area contributed by atoms with Gasteiger partial charge in [0.05, 0.1) is 55.9 Å². The van der Waals surface area contributed by atoms with Crippen LogP contribution < -0.4 is 29.1 Å². The van der Waals surface area contributed by atoms with Gasteiger partial charge < -0.3 is 18.9 Å². The van der Waals surface area contributed by atoms with Gasteiger partial charge in [-0.15, -0.1) is 0 Å². The molecule has 0 aliphatic carbocycles. The lowest BCUT2D eigenvalue weighted by Gasteiger charge is -2.24. The standard InChI is InChI=1S/C33H27BrN4O10S/c1-5-13-47-22-10-7-20(8-11-22)29-28(32(40)46-6-2)18(3)35-33-36(29)31(39)27(49-33)16-19-14-23(34)30(26(15-19)45-4)48-25-12-9-21(37(41)42)17-24(25)38(43)44/h5,7-12,14-17,29H,1,6,13H2,2-4H3/b27-16-/t29-/m1/s1. The van der Waals surface area contributed by atoms with E-state index in [-0.39, 0.29) is 29.4 Å². The number of nitrogens with zero attached hydrogens (tertiary/aromatic N) is 4. The number of hydrogen-bond donors (Lipinski definition) is 0. The SMILES string of the molecule is C=CCOc1ccc([C@@H]2C(C(=O)OCC)=C(C)N=c3s/c(=C\c4cc(Br)c(Oc5ccc([N+](=O)[O-])cc5[N+](=O)[O-])c(OC)c4)c(=O)n32)cc1. The van der Waals surface area contributed by atoms with Crippen LogP contribution in [0, 0.1) is 20.2 Å². The van der Waals surface area contributed by atoms with E-state index in [1.807, 2.05) is 0 Å². The third-order valence-corrected chi connectivity index (χ3v) is 8.76. The number of carbonyl (C=O) groups excluding carboxylic acids is 1. The van der Waals surface area contributed by atoms with Crippen molar-refractivity contribution in [2.75, 3.05) is 20.3 Å². The molecule has 0 N–H and O–H groups in total. The summed E-state index contributed by atoms with van der Waals surface area (Å²) >= 11 is 4.54. The Balaban J connectivity index is 1.59. The van der Waals surface area contributed by atoms with E-state index in [1.54, 1.807) is 62.4 Å². The number of benzene rings is 3. The number of aromatic nitrogens is 1. The van der Waals surface area contributed by atoms with Gasteiger partial charge in [-0.25, -0.2) is 9.79 Å². The Morgan fingerprint density at radius 2 is 1.84 bits per heavy atom. The van der Waals surface area contributed by atoms with Crippen LogP contribution in [0.2, 0.25) is 0 Å². The summed E-state index contributed by atoms with van der Waals surface area (Å²) in [4.78, 5) is 53.5. The quantitative estimate of drug-likeness (QED) is 0.0751. The van der Waals surface area contributed by atoms with Crippen molar-refractivity contribution in [1.29, 1.82) is 0 Å². The molecule has 2 heterocycles. The van der Waals surface area contributed by atoms with Crippen molar-refractivity contribution < 1.29 is 33.6 Å². The van der Waals surface area contributed by atoms with Crippen molar-refractivity contribution in [2.24, 2.45) is 4.99 Å². The van der Waals surface area contributed by atoms with E-state index in [1.165, 1.54) is 11.7 Å². The highest BCUT2D eigenvalue weighted by molar-refractivity contribution is 9.10. The smallest absolute Gasteiger partial charge is 0.338 e. The number of esters is 1. The lowest BCUT2D eigenvalue weighted by molar-refractivity contribution is -0.394. The van der Waals surface area contributed by atoms with Crippen LogP contribution in [0.3, 0.4) is 0 Å². The molecule has 252 valence electrons. The summed E-state index contributed by atoms with van der Waals surface area (Å²) in [6.07, 6.45) is 3.23. The van der Waals surface area contributed by atoms with Gasteiger partial charge in [-0.3, -0.25) is 29.6 Å². The number of ether oxygens (including phenoxy) is 4. The molecular formula is C33H27BrN4O10S. The molecule has 0 radical (unpaired) electrons. The van der Waals surface area contributed by atoms with Crippen molar-refractivity contribution in [2.45, 2.75) is 19.9 Å². The molecule has 0 unspecified atom stereocenters. The van der Waals surface area contributed by atoms with Crippen molar-refractivity contribution in [3.05, 3.63) is 134 Å². The van der Waals surface area contributed by atoms with Crippen molar-refractivity contribution in [1.82, 2.24) is 4.57 Å². The van der Waals surface area contributed by atoms with Gasteiger partial charge >= 0.3 is 11.7 Å². The fraction of sp³-hybridized carbons (Fsp3) is 0.182. The average Bonchev–Trinajstić information content (AvgIpc) is 3.37. The fourth-order valence-electron chi connectivity index (χ4n) is 5.04. The van der Waals surface area contributed by atoms with Gasteiger partial charge in [0, 0.05) is 6.07 Å². The Hall–Kier alpha value is -5.61. The van der Waals surface area contributed by atoms with Crippen molar-refractivity contribution in [3.8, 4) is 23.0 Å². The Morgan fingerprint density at radius 3 is 2.47 bits per heavy atom. The van der Waals surface area contributed by atoms with Gasteiger partial charge in [0.1, 0.15) is 12.4 Å². The number of methoxy groups -OCH3 is 1. The van der Waals surface area contributed by atoms with Gasteiger partial charge in [0.2, 0.25) is 5.75 Å². The van der Waals surface area contributed by atoms with Crippen LogP contribution >= 0.6 is 27.3 Å². The van der Waals surface area contributed by atoms with Gasteiger partial charge in [0.25, 0.3) is 11.2 Å². The molecule has 0 saturated heterocycles. The number of hydrogen-bond acceptors (Lipinski definition) is 12. The molecule has 14 nitrogen and oxygen atoms in total. The number of nitro groups is 2. The number of fused-ring (bicyclic) bond motifs is 1. The molecule has 0 amide bonds. The van der Waals surface area contributed by atoms with Crippen LogP contribution in [0.5, 0.6) is 23.0 Å². The molecule has 1 aliphatic heterocycles. The number of carbonyl (C=O) groups is 1. The van der Waals surface area contributed by atoms with Gasteiger partial charge in [-0.2, -0.15) is 0 Å². The zero-order chi connectivity index (χ0) is 35.4. The highest BCUT2D eigenvalue weighted by Gasteiger charge is 2.33. The zero-order valence-electron chi connectivity index (χ0n) is 26.2. The van der Waals surface area contributed by atoms with Crippen LogP contribution in [-0.4, -0.2) is 40.7 Å². The van der Waals surface area contributed by atoms with Crippen LogP contribution in [0.25, 0.3) is 6.08 Å². The van der Waals surface area contributed by atoms with Gasteiger partial charge in [-0.1, -0.05) is 36.1 Å². The highest BCUT2D eigenvalue weighted by atomic mass is 79.9. The highest BCUT2D eigenvalue weighted by Crippen LogP contribution is 2.43. The summed E-state index contributed by atoms with van der Waals surface area (Å²) in [5.74, 6) is -0.0349. The summed E-state index contributed by atoms with van der Waals surface area (Å²) < 4.78 is 24.4. The Kier molecular flexibility index (Phi) is 10.4. The first kappa shape index (κ1) is 34.7. The number of halogens is 1. The third-order valence-electron chi connectivity index (χ3n) is 7.19. The van der Waals surface area contributed by atoms with E-state index in [2.05, 4.69) is 27.5 Å². The minimum Gasteiger partial charge on any atom is -0.493 e. The molecule has 16 heteroatoms. The first-order valence-electron chi connectivity index (χ1n) is 14.5. The van der Waals surface area contributed by atoms with E-state index in [0.29, 0.717) is 43.0 Å². The lowest BCUT2D eigenvalue weighted by atomic mass is 9.96. The Morgan fingerprint density at radius 1 is 1.10 bits per heavy atom. The van der Waals surface area contributed by atoms with Crippen LogP contribution in [-0.2, 0) is 9.53 Å². The van der Waals surface area contributed by atoms with Gasteiger partial charge in [0.15, 0.2) is 16.3 Å². The Labute approximate surface area is 290 Å². The second kappa shape index (κ2) is 14.7. The second-order valence-corrected chi connectivity index (χ2v) is 12.1. The summed E-state index contributed by atoms with van der Waals surface area (Å²) in [5.41, 5.74) is 0.291. The lowest BCUT2D eigenvalue weighted by Crippen LogP contribution is -2.39. The molecule has 1 aliphatic rings. The predicted octanol–water partition coefficient (Wildman–Crippen LogP) is 5.74. The van der Waals surface area contributed by atoms with Crippen LogP contribution in [0.15, 0.2) is 92.8 Å². The number of allylic oxidation sites excluding steroid dienone is 1. The van der Waals surface area contributed by atoms with Crippen molar-refractivity contribution >= 4 is 50.7 Å². The molecule has 0 fully saturated rings. The summed E-state index contributed by atoms with van der Waals surface area (Å²) in [6, 6.07) is 12.4. The number of thiazole rings is 1. The first-order chi connectivity index (χ1) is 23.5. The molecule has 0 saturated carbocycles.